The average Bonchev–Trinajstić information content (AvgIpc) is 2.97. The van der Waals surface area contributed by atoms with Crippen molar-refractivity contribution in [2.24, 2.45) is 5.73 Å². The van der Waals surface area contributed by atoms with Crippen molar-refractivity contribution < 1.29 is 9.32 Å². The van der Waals surface area contributed by atoms with Gasteiger partial charge in [-0.25, -0.2) is 4.98 Å². The lowest BCUT2D eigenvalue weighted by Gasteiger charge is -1.98. The van der Waals surface area contributed by atoms with Crippen LogP contribution in [0.5, 0.6) is 0 Å². The lowest BCUT2D eigenvalue weighted by molar-refractivity contribution is 0.0942. The predicted octanol–water partition coefficient (Wildman–Crippen LogP) is 0.562. The second-order valence-electron chi connectivity index (χ2n) is 3.33. The molecular weight excluding hydrogens is 240 g/mol. The molecule has 0 aromatic carbocycles. The molecule has 0 aliphatic heterocycles. The molecule has 2 aromatic heterocycles. The first-order chi connectivity index (χ1) is 8.29. The van der Waals surface area contributed by atoms with Crippen LogP contribution < -0.4 is 11.1 Å². The van der Waals surface area contributed by atoms with Gasteiger partial charge >= 0.3 is 0 Å². The Balaban J connectivity index is 1.90. The molecule has 0 aliphatic carbocycles. The van der Waals surface area contributed by atoms with Crippen LogP contribution in [-0.2, 0) is 13.0 Å². The number of nitrogens with one attached hydrogen (secondary N) is 1. The maximum Gasteiger partial charge on any atom is 0.271 e. The maximum absolute atomic E-state index is 11.7. The highest BCUT2D eigenvalue weighted by Crippen LogP contribution is 2.10. The smallest absolute Gasteiger partial charge is 0.271 e. The summed E-state index contributed by atoms with van der Waals surface area (Å²) in [6, 6.07) is 1.70. The third-order valence-corrected chi connectivity index (χ3v) is 2.97. The van der Waals surface area contributed by atoms with E-state index < -0.39 is 0 Å². The molecule has 0 fully saturated rings. The Morgan fingerprint density at radius 1 is 1.59 bits per heavy atom. The van der Waals surface area contributed by atoms with Crippen molar-refractivity contribution in [3.8, 4) is 0 Å². The number of nitrogens with zero attached hydrogens (tertiary/aromatic N) is 2. The molecule has 0 unspecified atom stereocenters. The molecule has 7 heteroatoms. The Morgan fingerprint density at radius 2 is 2.47 bits per heavy atom. The van der Waals surface area contributed by atoms with Crippen LogP contribution in [0, 0.1) is 0 Å². The van der Waals surface area contributed by atoms with Gasteiger partial charge in [-0.15, -0.1) is 11.3 Å². The van der Waals surface area contributed by atoms with Crippen LogP contribution in [0.15, 0.2) is 22.2 Å². The number of nitrogens with two attached hydrogens (primary N) is 1. The molecule has 0 aliphatic rings. The number of carbonyl (C=O) groups is 1. The molecule has 0 spiro atoms. The highest BCUT2D eigenvalue weighted by molar-refractivity contribution is 7.09. The van der Waals surface area contributed by atoms with E-state index in [2.05, 4.69) is 15.5 Å². The summed E-state index contributed by atoms with van der Waals surface area (Å²) in [5.41, 5.74) is 5.83. The molecule has 0 saturated carbocycles. The van der Waals surface area contributed by atoms with Crippen molar-refractivity contribution in [2.75, 3.05) is 6.54 Å². The SMILES string of the molecule is NCCc1nc(C(=O)NCc2ccno2)cs1. The first-order valence-electron chi connectivity index (χ1n) is 5.12. The Morgan fingerprint density at radius 3 is 3.18 bits per heavy atom. The Bertz CT molecular complexity index is 480. The van der Waals surface area contributed by atoms with Gasteiger partial charge in [0.15, 0.2) is 5.76 Å². The fraction of sp³-hybridized carbons (Fsp3) is 0.300. The molecule has 3 N–H and O–H groups in total. The maximum atomic E-state index is 11.7. The van der Waals surface area contributed by atoms with Crippen molar-refractivity contribution in [3.05, 3.63) is 34.1 Å². The number of aromatic nitrogens is 2. The fourth-order valence-electron chi connectivity index (χ4n) is 1.24. The highest BCUT2D eigenvalue weighted by Gasteiger charge is 2.10. The van der Waals surface area contributed by atoms with E-state index >= 15 is 0 Å². The first-order valence-corrected chi connectivity index (χ1v) is 6.00. The van der Waals surface area contributed by atoms with Crippen LogP contribution in [0.25, 0.3) is 0 Å². The van der Waals surface area contributed by atoms with Crippen LogP contribution >= 0.6 is 11.3 Å². The number of carbonyl (C=O) groups excluding carboxylic acids is 1. The van der Waals surface area contributed by atoms with Gasteiger partial charge < -0.3 is 15.6 Å². The van der Waals surface area contributed by atoms with Crippen molar-refractivity contribution in [3.63, 3.8) is 0 Å². The largest absolute Gasteiger partial charge is 0.360 e. The molecule has 0 saturated heterocycles. The summed E-state index contributed by atoms with van der Waals surface area (Å²) in [6.07, 6.45) is 2.23. The molecule has 0 radical (unpaired) electrons. The Labute approximate surface area is 102 Å². The van der Waals surface area contributed by atoms with E-state index in [0.717, 1.165) is 5.01 Å². The summed E-state index contributed by atoms with van der Waals surface area (Å²) in [7, 11) is 0. The fourth-order valence-corrected chi connectivity index (χ4v) is 2.04. The molecule has 2 heterocycles. The molecule has 0 bridgehead atoms. The van der Waals surface area contributed by atoms with E-state index in [1.54, 1.807) is 11.4 Å². The van der Waals surface area contributed by atoms with Crippen molar-refractivity contribution in [1.82, 2.24) is 15.5 Å². The molecule has 1 amide bonds. The minimum atomic E-state index is -0.221. The van der Waals surface area contributed by atoms with Gasteiger partial charge in [0.2, 0.25) is 0 Å². The normalized spacial score (nSPS) is 10.4. The van der Waals surface area contributed by atoms with E-state index in [1.807, 2.05) is 0 Å². The van der Waals surface area contributed by atoms with E-state index in [9.17, 15) is 4.79 Å². The van der Waals surface area contributed by atoms with Gasteiger partial charge in [-0.1, -0.05) is 5.16 Å². The van der Waals surface area contributed by atoms with Gasteiger partial charge in [-0.2, -0.15) is 0 Å². The van der Waals surface area contributed by atoms with E-state index in [4.69, 9.17) is 10.3 Å². The zero-order valence-corrected chi connectivity index (χ0v) is 9.87. The second-order valence-corrected chi connectivity index (χ2v) is 4.27. The molecular formula is C10H12N4O2S. The summed E-state index contributed by atoms with van der Waals surface area (Å²) in [5.74, 6) is 0.386. The molecule has 2 aromatic rings. The topological polar surface area (TPSA) is 94.0 Å². The summed E-state index contributed by atoms with van der Waals surface area (Å²) in [5, 5.41) is 8.84. The van der Waals surface area contributed by atoms with Crippen LogP contribution in [0.1, 0.15) is 21.3 Å². The monoisotopic (exact) mass is 252 g/mol. The summed E-state index contributed by atoms with van der Waals surface area (Å²) < 4.78 is 4.86. The van der Waals surface area contributed by atoms with E-state index in [-0.39, 0.29) is 5.91 Å². The third-order valence-electron chi connectivity index (χ3n) is 2.06. The lowest BCUT2D eigenvalue weighted by atomic mass is 10.4. The third kappa shape index (κ3) is 3.11. The molecule has 17 heavy (non-hydrogen) atoms. The number of hydrogen-bond acceptors (Lipinski definition) is 6. The zero-order chi connectivity index (χ0) is 12.1. The van der Waals surface area contributed by atoms with Gasteiger partial charge in [-0.3, -0.25) is 4.79 Å². The number of thiazole rings is 1. The van der Waals surface area contributed by atoms with Crippen molar-refractivity contribution >= 4 is 17.2 Å². The van der Waals surface area contributed by atoms with Gasteiger partial charge in [-0.05, 0) is 6.54 Å². The van der Waals surface area contributed by atoms with Crippen LogP contribution in [0.2, 0.25) is 0 Å². The average molecular weight is 252 g/mol. The minimum absolute atomic E-state index is 0.221. The lowest BCUT2D eigenvalue weighted by Crippen LogP contribution is -2.22. The van der Waals surface area contributed by atoms with Gasteiger partial charge in [0.05, 0.1) is 17.7 Å². The standard InChI is InChI=1S/C10H12N4O2S/c11-3-1-9-14-8(6-17-9)10(15)12-5-7-2-4-13-16-7/h2,4,6H,1,3,5,11H2,(H,12,15). The molecule has 0 atom stereocenters. The highest BCUT2D eigenvalue weighted by atomic mass is 32.1. The summed E-state index contributed by atoms with van der Waals surface area (Å²) in [4.78, 5) is 15.9. The van der Waals surface area contributed by atoms with Crippen molar-refractivity contribution in [1.29, 1.82) is 0 Å². The molecule has 90 valence electrons. The number of hydrogen-bond donors (Lipinski definition) is 2. The number of rotatable bonds is 5. The van der Waals surface area contributed by atoms with E-state index in [1.165, 1.54) is 17.5 Å². The summed E-state index contributed by atoms with van der Waals surface area (Å²) in [6.45, 7) is 0.842. The minimum Gasteiger partial charge on any atom is -0.360 e. The van der Waals surface area contributed by atoms with E-state index in [0.29, 0.717) is 31.0 Å². The van der Waals surface area contributed by atoms with Gasteiger partial charge in [0.1, 0.15) is 5.69 Å². The molecule has 6 nitrogen and oxygen atoms in total. The Kier molecular flexibility index (Phi) is 3.84. The van der Waals surface area contributed by atoms with Gasteiger partial charge in [0, 0.05) is 17.9 Å². The predicted molar refractivity (Wildman–Crippen MR) is 62.5 cm³/mol. The quantitative estimate of drug-likeness (QED) is 0.811. The molecule has 2 rings (SSSR count). The van der Waals surface area contributed by atoms with Crippen molar-refractivity contribution in [2.45, 2.75) is 13.0 Å². The van der Waals surface area contributed by atoms with Crippen LogP contribution in [0.4, 0.5) is 0 Å². The summed E-state index contributed by atoms with van der Waals surface area (Å²) >= 11 is 1.44. The van der Waals surface area contributed by atoms with Crippen LogP contribution in [0.3, 0.4) is 0 Å². The first kappa shape index (κ1) is 11.7. The Hall–Kier alpha value is -1.73. The van der Waals surface area contributed by atoms with Gasteiger partial charge in [0.25, 0.3) is 5.91 Å². The number of amides is 1. The van der Waals surface area contributed by atoms with Crippen LogP contribution in [-0.4, -0.2) is 22.6 Å². The second kappa shape index (κ2) is 5.55. The zero-order valence-electron chi connectivity index (χ0n) is 9.05.